The second kappa shape index (κ2) is 5.76. The molecule has 3 N–H and O–H groups in total. The SMILES string of the molecule is Cc1c(CN)cc(Cl)cc1S(=O)(=O)NC1CCOC1. The van der Waals surface area contributed by atoms with Crippen LogP contribution in [0.1, 0.15) is 17.5 Å². The van der Waals surface area contributed by atoms with E-state index in [1.807, 2.05) is 0 Å². The summed E-state index contributed by atoms with van der Waals surface area (Å²) in [5.74, 6) is 0. The first-order chi connectivity index (χ1) is 8.94. The highest BCUT2D eigenvalue weighted by Gasteiger charge is 2.25. The van der Waals surface area contributed by atoms with E-state index in [4.69, 9.17) is 22.1 Å². The molecular weight excluding hydrogens is 288 g/mol. The molecule has 0 aliphatic carbocycles. The number of nitrogens with one attached hydrogen (secondary N) is 1. The summed E-state index contributed by atoms with van der Waals surface area (Å²) in [4.78, 5) is 0.187. The number of hydrogen-bond acceptors (Lipinski definition) is 4. The van der Waals surface area contributed by atoms with Crippen molar-refractivity contribution >= 4 is 21.6 Å². The monoisotopic (exact) mass is 304 g/mol. The van der Waals surface area contributed by atoms with Crippen LogP contribution in [-0.2, 0) is 21.3 Å². The average Bonchev–Trinajstić information content (AvgIpc) is 2.83. The Kier molecular flexibility index (Phi) is 4.47. The van der Waals surface area contributed by atoms with Crippen molar-refractivity contribution in [1.29, 1.82) is 0 Å². The molecular formula is C12H17ClN2O3S. The van der Waals surface area contributed by atoms with E-state index in [1.165, 1.54) is 6.07 Å². The normalized spacial score (nSPS) is 19.8. The molecule has 0 spiro atoms. The summed E-state index contributed by atoms with van der Waals surface area (Å²) in [6.45, 7) is 2.97. The van der Waals surface area contributed by atoms with Crippen molar-refractivity contribution in [2.45, 2.75) is 30.8 Å². The van der Waals surface area contributed by atoms with E-state index in [-0.39, 0.29) is 17.5 Å². The molecule has 1 unspecified atom stereocenters. The van der Waals surface area contributed by atoms with E-state index >= 15 is 0 Å². The van der Waals surface area contributed by atoms with Gasteiger partial charge in [0.2, 0.25) is 10.0 Å². The minimum atomic E-state index is -3.60. The molecule has 5 nitrogen and oxygen atoms in total. The smallest absolute Gasteiger partial charge is 0.241 e. The molecule has 0 amide bonds. The maximum Gasteiger partial charge on any atom is 0.241 e. The standard InChI is InChI=1S/C12H17ClN2O3S/c1-8-9(6-14)4-10(13)5-12(8)19(16,17)15-11-2-3-18-7-11/h4-5,11,15H,2-3,6-7,14H2,1H3. The van der Waals surface area contributed by atoms with Crippen LogP contribution in [-0.4, -0.2) is 27.7 Å². The van der Waals surface area contributed by atoms with Gasteiger partial charge in [-0.25, -0.2) is 13.1 Å². The zero-order valence-corrected chi connectivity index (χ0v) is 12.2. The summed E-state index contributed by atoms with van der Waals surface area (Å²) < 4.78 is 32.5. The summed E-state index contributed by atoms with van der Waals surface area (Å²) >= 11 is 5.95. The Morgan fingerprint density at radius 3 is 2.84 bits per heavy atom. The molecule has 0 bridgehead atoms. The minimum Gasteiger partial charge on any atom is -0.380 e. The van der Waals surface area contributed by atoms with E-state index in [0.29, 0.717) is 30.2 Å². The number of ether oxygens (including phenoxy) is 1. The van der Waals surface area contributed by atoms with Gasteiger partial charge in [0.25, 0.3) is 0 Å². The number of halogens is 1. The molecule has 1 fully saturated rings. The van der Waals surface area contributed by atoms with Crippen molar-refractivity contribution in [1.82, 2.24) is 4.72 Å². The molecule has 1 aliphatic heterocycles. The number of sulfonamides is 1. The molecule has 19 heavy (non-hydrogen) atoms. The van der Waals surface area contributed by atoms with Gasteiger partial charge in [-0.15, -0.1) is 0 Å². The Labute approximate surface area is 118 Å². The van der Waals surface area contributed by atoms with Gasteiger partial charge in [0.05, 0.1) is 11.5 Å². The lowest BCUT2D eigenvalue weighted by Crippen LogP contribution is -2.35. The molecule has 1 heterocycles. The van der Waals surface area contributed by atoms with Gasteiger partial charge in [-0.1, -0.05) is 11.6 Å². The molecule has 1 atom stereocenters. The highest BCUT2D eigenvalue weighted by Crippen LogP contribution is 2.24. The Hall–Kier alpha value is -0.660. The third kappa shape index (κ3) is 3.27. The second-order valence-electron chi connectivity index (χ2n) is 4.57. The van der Waals surface area contributed by atoms with Crippen LogP contribution in [0.3, 0.4) is 0 Å². The third-order valence-electron chi connectivity index (χ3n) is 3.19. The first kappa shape index (κ1) is 14.7. The molecule has 1 aromatic carbocycles. The maximum atomic E-state index is 12.4. The van der Waals surface area contributed by atoms with Crippen molar-refractivity contribution in [3.8, 4) is 0 Å². The maximum absolute atomic E-state index is 12.4. The first-order valence-corrected chi connectivity index (χ1v) is 7.89. The zero-order valence-electron chi connectivity index (χ0n) is 10.6. The summed E-state index contributed by atoms with van der Waals surface area (Å²) in [5.41, 5.74) is 6.97. The van der Waals surface area contributed by atoms with Crippen molar-refractivity contribution in [2.24, 2.45) is 5.73 Å². The third-order valence-corrected chi connectivity index (χ3v) is 5.06. The Bertz CT molecular complexity index is 569. The Morgan fingerprint density at radius 2 is 2.26 bits per heavy atom. The topological polar surface area (TPSA) is 81.4 Å². The van der Waals surface area contributed by atoms with E-state index in [9.17, 15) is 8.42 Å². The van der Waals surface area contributed by atoms with E-state index in [2.05, 4.69) is 4.72 Å². The Morgan fingerprint density at radius 1 is 1.53 bits per heavy atom. The van der Waals surface area contributed by atoms with Gasteiger partial charge in [-0.05, 0) is 36.6 Å². The van der Waals surface area contributed by atoms with Crippen LogP contribution in [0, 0.1) is 6.92 Å². The van der Waals surface area contributed by atoms with Crippen LogP contribution in [0.2, 0.25) is 5.02 Å². The van der Waals surface area contributed by atoms with Gasteiger partial charge in [-0.2, -0.15) is 0 Å². The quantitative estimate of drug-likeness (QED) is 0.875. The van der Waals surface area contributed by atoms with Crippen molar-refractivity contribution in [2.75, 3.05) is 13.2 Å². The van der Waals surface area contributed by atoms with Gasteiger partial charge >= 0.3 is 0 Å². The molecule has 2 rings (SSSR count). The second-order valence-corrected chi connectivity index (χ2v) is 6.69. The van der Waals surface area contributed by atoms with Gasteiger partial charge < -0.3 is 10.5 Å². The van der Waals surface area contributed by atoms with E-state index in [1.54, 1.807) is 13.0 Å². The zero-order chi connectivity index (χ0) is 14.0. The fraction of sp³-hybridized carbons (Fsp3) is 0.500. The van der Waals surface area contributed by atoms with Gasteiger partial charge in [0, 0.05) is 24.2 Å². The summed E-state index contributed by atoms with van der Waals surface area (Å²) in [5, 5.41) is 0.370. The average molecular weight is 305 g/mol. The predicted octanol–water partition coefficient (Wildman–Crippen LogP) is 1.17. The van der Waals surface area contributed by atoms with Crippen LogP contribution >= 0.6 is 11.6 Å². The molecule has 0 saturated carbocycles. The fourth-order valence-corrected chi connectivity index (χ4v) is 3.98. The fourth-order valence-electron chi connectivity index (χ4n) is 2.11. The van der Waals surface area contributed by atoms with Crippen LogP contribution in [0.4, 0.5) is 0 Å². The summed E-state index contributed by atoms with van der Waals surface area (Å²) in [7, 11) is -3.60. The van der Waals surface area contributed by atoms with Crippen molar-refractivity contribution in [3.05, 3.63) is 28.3 Å². The minimum absolute atomic E-state index is 0.176. The predicted molar refractivity (Wildman–Crippen MR) is 73.6 cm³/mol. The van der Waals surface area contributed by atoms with Crippen molar-refractivity contribution in [3.63, 3.8) is 0 Å². The number of nitrogens with two attached hydrogens (primary N) is 1. The molecule has 106 valence electrons. The molecule has 0 aromatic heterocycles. The van der Waals surface area contributed by atoms with Crippen LogP contribution < -0.4 is 10.5 Å². The lowest BCUT2D eigenvalue weighted by atomic mass is 10.1. The number of hydrogen-bond donors (Lipinski definition) is 2. The van der Waals surface area contributed by atoms with Crippen LogP contribution in [0.25, 0.3) is 0 Å². The lowest BCUT2D eigenvalue weighted by molar-refractivity contribution is 0.192. The summed E-state index contributed by atoms with van der Waals surface area (Å²) in [6.07, 6.45) is 0.683. The van der Waals surface area contributed by atoms with Gasteiger partial charge in [0.1, 0.15) is 0 Å². The largest absolute Gasteiger partial charge is 0.380 e. The molecule has 1 aromatic rings. The highest BCUT2D eigenvalue weighted by atomic mass is 35.5. The number of rotatable bonds is 4. The van der Waals surface area contributed by atoms with E-state index in [0.717, 1.165) is 5.56 Å². The highest BCUT2D eigenvalue weighted by molar-refractivity contribution is 7.89. The Balaban J connectivity index is 2.36. The number of benzene rings is 1. The molecule has 1 saturated heterocycles. The molecule has 7 heteroatoms. The molecule has 1 aliphatic rings. The summed E-state index contributed by atoms with van der Waals surface area (Å²) in [6, 6.07) is 2.97. The van der Waals surface area contributed by atoms with Crippen LogP contribution in [0.15, 0.2) is 17.0 Å². The first-order valence-electron chi connectivity index (χ1n) is 6.03. The van der Waals surface area contributed by atoms with E-state index < -0.39 is 10.0 Å². The lowest BCUT2D eigenvalue weighted by Gasteiger charge is -2.15. The molecule has 0 radical (unpaired) electrons. The van der Waals surface area contributed by atoms with Gasteiger partial charge in [0.15, 0.2) is 0 Å². The van der Waals surface area contributed by atoms with Gasteiger partial charge in [-0.3, -0.25) is 0 Å². The van der Waals surface area contributed by atoms with Crippen molar-refractivity contribution < 1.29 is 13.2 Å². The van der Waals surface area contributed by atoms with Crippen LogP contribution in [0.5, 0.6) is 0 Å².